The van der Waals surface area contributed by atoms with Crippen LogP contribution in [0.4, 0.5) is 0 Å². The lowest BCUT2D eigenvalue weighted by Crippen LogP contribution is -2.05. The van der Waals surface area contributed by atoms with E-state index in [0.29, 0.717) is 0 Å². The second-order valence-corrected chi connectivity index (χ2v) is 3.76. The summed E-state index contributed by atoms with van der Waals surface area (Å²) in [6.45, 7) is 5.56. The van der Waals surface area contributed by atoms with Crippen LogP contribution in [0.3, 0.4) is 0 Å². The lowest BCUT2D eigenvalue weighted by molar-refractivity contribution is -0.131. The molecule has 0 aliphatic carbocycles. The first-order valence-corrected chi connectivity index (χ1v) is 5.42. The van der Waals surface area contributed by atoms with Gasteiger partial charge in [0.15, 0.2) is 0 Å². The summed E-state index contributed by atoms with van der Waals surface area (Å²) in [6.07, 6.45) is 3.24. The Hall–Kier alpha value is -1.31. The fraction of sp³-hybridized carbons (Fsp3) is 0.462. The molecule has 0 heterocycles. The fourth-order valence-corrected chi connectivity index (χ4v) is 1.57. The van der Waals surface area contributed by atoms with E-state index in [-0.39, 0.29) is 5.97 Å². The lowest BCUT2D eigenvalue weighted by atomic mass is 10.0. The first kappa shape index (κ1) is 11.8. The Morgan fingerprint density at radius 3 is 2.73 bits per heavy atom. The first-order valence-electron chi connectivity index (χ1n) is 5.42. The van der Waals surface area contributed by atoms with Gasteiger partial charge in [-0.1, -0.05) is 31.5 Å². The van der Waals surface area contributed by atoms with Crippen LogP contribution in [0.25, 0.3) is 0 Å². The lowest BCUT2D eigenvalue weighted by Gasteiger charge is -2.11. The van der Waals surface area contributed by atoms with Crippen LogP contribution in [0.15, 0.2) is 18.2 Å². The third kappa shape index (κ3) is 3.39. The predicted octanol–water partition coefficient (Wildman–Crippen LogP) is 3.26. The zero-order chi connectivity index (χ0) is 11.3. The summed E-state index contributed by atoms with van der Waals surface area (Å²) >= 11 is 0. The molecule has 0 spiro atoms. The van der Waals surface area contributed by atoms with Crippen molar-refractivity contribution < 1.29 is 9.53 Å². The van der Waals surface area contributed by atoms with E-state index >= 15 is 0 Å². The molecule has 0 fully saturated rings. The quantitative estimate of drug-likeness (QED) is 0.558. The molecule has 1 aromatic carbocycles. The van der Waals surface area contributed by atoms with Gasteiger partial charge < -0.3 is 4.74 Å². The largest absolute Gasteiger partial charge is 0.426 e. The summed E-state index contributed by atoms with van der Waals surface area (Å²) in [5.74, 6) is 0.500. The van der Waals surface area contributed by atoms with Gasteiger partial charge in [0.2, 0.25) is 0 Å². The van der Waals surface area contributed by atoms with Gasteiger partial charge in [-0.15, -0.1) is 0 Å². The molecule has 1 aromatic rings. The molecule has 2 nitrogen and oxygen atoms in total. The topological polar surface area (TPSA) is 26.3 Å². The van der Waals surface area contributed by atoms with Crippen LogP contribution in [0.5, 0.6) is 5.75 Å². The highest BCUT2D eigenvalue weighted by atomic mass is 16.5. The fourth-order valence-electron chi connectivity index (χ4n) is 1.57. The minimum atomic E-state index is -0.248. The van der Waals surface area contributed by atoms with Crippen molar-refractivity contribution in [3.05, 3.63) is 29.3 Å². The normalized spacial score (nSPS) is 10.1. The summed E-state index contributed by atoms with van der Waals surface area (Å²) in [6, 6.07) is 6.00. The number of para-hydroxylation sites is 1. The Bertz CT molecular complexity index is 342. The second kappa shape index (κ2) is 5.54. The van der Waals surface area contributed by atoms with Crippen molar-refractivity contribution >= 4 is 5.97 Å². The maximum Gasteiger partial charge on any atom is 0.308 e. The van der Waals surface area contributed by atoms with Gasteiger partial charge in [0, 0.05) is 6.92 Å². The number of rotatable bonds is 4. The standard InChI is InChI=1S/C13H18O2/c1-4-5-8-12-9-6-7-10(2)13(12)15-11(3)14/h6-7,9H,4-5,8H2,1-3H3. The molecule has 82 valence electrons. The highest BCUT2D eigenvalue weighted by Crippen LogP contribution is 2.25. The Balaban J connectivity index is 2.92. The molecule has 0 amide bonds. The molecule has 0 saturated carbocycles. The number of unbranched alkanes of at least 4 members (excludes halogenated alkanes) is 1. The van der Waals surface area contributed by atoms with Gasteiger partial charge in [-0.3, -0.25) is 4.79 Å². The van der Waals surface area contributed by atoms with Gasteiger partial charge in [-0.2, -0.15) is 0 Å². The van der Waals surface area contributed by atoms with Crippen LogP contribution in [0.2, 0.25) is 0 Å². The van der Waals surface area contributed by atoms with Crippen molar-refractivity contribution in [1.82, 2.24) is 0 Å². The molecular formula is C13H18O2. The summed E-state index contributed by atoms with van der Waals surface area (Å²) in [7, 11) is 0. The van der Waals surface area contributed by atoms with E-state index < -0.39 is 0 Å². The number of aryl methyl sites for hydroxylation is 2. The van der Waals surface area contributed by atoms with Crippen molar-refractivity contribution in [1.29, 1.82) is 0 Å². The van der Waals surface area contributed by atoms with Crippen LogP contribution >= 0.6 is 0 Å². The molecule has 0 unspecified atom stereocenters. The molecule has 0 aliphatic rings. The Morgan fingerprint density at radius 2 is 2.13 bits per heavy atom. The number of hydrogen-bond acceptors (Lipinski definition) is 2. The molecule has 0 aromatic heterocycles. The van der Waals surface area contributed by atoms with Crippen molar-refractivity contribution in [3.63, 3.8) is 0 Å². The molecule has 0 saturated heterocycles. The number of hydrogen-bond donors (Lipinski definition) is 0. The van der Waals surface area contributed by atoms with Crippen molar-refractivity contribution in [2.75, 3.05) is 0 Å². The van der Waals surface area contributed by atoms with E-state index in [4.69, 9.17) is 4.74 Å². The summed E-state index contributed by atoms with van der Waals surface area (Å²) in [5.41, 5.74) is 2.16. The maximum atomic E-state index is 11.0. The Labute approximate surface area is 91.3 Å². The van der Waals surface area contributed by atoms with Gasteiger partial charge >= 0.3 is 5.97 Å². The van der Waals surface area contributed by atoms with Gasteiger partial charge in [-0.05, 0) is 30.9 Å². The Kier molecular flexibility index (Phi) is 4.35. The summed E-state index contributed by atoms with van der Waals surface area (Å²) < 4.78 is 5.23. The highest BCUT2D eigenvalue weighted by molar-refractivity contribution is 5.70. The molecule has 0 atom stereocenters. The average Bonchev–Trinajstić information content (AvgIpc) is 2.18. The van der Waals surface area contributed by atoms with Crippen molar-refractivity contribution in [2.24, 2.45) is 0 Å². The van der Waals surface area contributed by atoms with Gasteiger partial charge in [0.1, 0.15) is 5.75 Å². The third-order valence-electron chi connectivity index (χ3n) is 2.34. The maximum absolute atomic E-state index is 11.0. The summed E-state index contributed by atoms with van der Waals surface area (Å²) in [5, 5.41) is 0. The number of ether oxygens (including phenoxy) is 1. The van der Waals surface area contributed by atoms with E-state index in [1.54, 1.807) is 0 Å². The number of carbonyl (C=O) groups is 1. The average molecular weight is 206 g/mol. The zero-order valence-electron chi connectivity index (χ0n) is 9.67. The smallest absolute Gasteiger partial charge is 0.308 e. The molecular weight excluding hydrogens is 188 g/mol. The first-order chi connectivity index (χ1) is 7.15. The van der Waals surface area contributed by atoms with Crippen molar-refractivity contribution in [2.45, 2.75) is 40.0 Å². The zero-order valence-corrected chi connectivity index (χ0v) is 9.67. The van der Waals surface area contributed by atoms with E-state index in [0.717, 1.165) is 36.1 Å². The van der Waals surface area contributed by atoms with Crippen LogP contribution in [0, 0.1) is 6.92 Å². The van der Waals surface area contributed by atoms with E-state index in [1.807, 2.05) is 25.1 Å². The predicted molar refractivity (Wildman–Crippen MR) is 61.1 cm³/mol. The van der Waals surface area contributed by atoms with E-state index in [1.165, 1.54) is 6.92 Å². The van der Waals surface area contributed by atoms with Gasteiger partial charge in [0.25, 0.3) is 0 Å². The van der Waals surface area contributed by atoms with E-state index in [2.05, 4.69) is 6.92 Å². The number of carbonyl (C=O) groups excluding carboxylic acids is 1. The SMILES string of the molecule is CCCCc1cccc(C)c1OC(C)=O. The number of benzene rings is 1. The van der Waals surface area contributed by atoms with Crippen LogP contribution in [-0.4, -0.2) is 5.97 Å². The summed E-state index contributed by atoms with van der Waals surface area (Å²) in [4.78, 5) is 11.0. The molecule has 0 N–H and O–H groups in total. The minimum absolute atomic E-state index is 0.248. The molecule has 0 aliphatic heterocycles. The molecule has 0 bridgehead atoms. The molecule has 0 radical (unpaired) electrons. The molecule has 1 rings (SSSR count). The third-order valence-corrected chi connectivity index (χ3v) is 2.34. The van der Waals surface area contributed by atoms with Crippen LogP contribution in [0.1, 0.15) is 37.8 Å². The Morgan fingerprint density at radius 1 is 1.40 bits per heavy atom. The molecule has 2 heteroatoms. The van der Waals surface area contributed by atoms with Crippen LogP contribution < -0.4 is 4.74 Å². The van der Waals surface area contributed by atoms with Gasteiger partial charge in [-0.25, -0.2) is 0 Å². The molecule has 15 heavy (non-hydrogen) atoms. The number of esters is 1. The monoisotopic (exact) mass is 206 g/mol. The van der Waals surface area contributed by atoms with Gasteiger partial charge in [0.05, 0.1) is 0 Å². The van der Waals surface area contributed by atoms with E-state index in [9.17, 15) is 4.79 Å². The van der Waals surface area contributed by atoms with Crippen LogP contribution in [-0.2, 0) is 11.2 Å². The highest BCUT2D eigenvalue weighted by Gasteiger charge is 2.08. The second-order valence-electron chi connectivity index (χ2n) is 3.76. The van der Waals surface area contributed by atoms with Crippen molar-refractivity contribution in [3.8, 4) is 5.75 Å². The minimum Gasteiger partial charge on any atom is -0.426 e.